The van der Waals surface area contributed by atoms with Gasteiger partial charge in [0.15, 0.2) is 0 Å². The van der Waals surface area contributed by atoms with Gasteiger partial charge in [0.1, 0.15) is 0 Å². The molecule has 1 unspecified atom stereocenters. The first-order valence-electron chi connectivity index (χ1n) is 4.49. The van der Waals surface area contributed by atoms with Crippen LogP contribution >= 0.6 is 27.3 Å². The van der Waals surface area contributed by atoms with Crippen LogP contribution in [-0.4, -0.2) is 13.1 Å². The molecular weight excluding hydrogens is 260 g/mol. The van der Waals surface area contributed by atoms with Crippen molar-refractivity contribution in [2.24, 2.45) is 5.73 Å². The quantitative estimate of drug-likeness (QED) is 0.811. The number of hydrogen-bond donors (Lipinski definition) is 2. The van der Waals surface area contributed by atoms with Crippen molar-refractivity contribution in [1.29, 1.82) is 0 Å². The van der Waals surface area contributed by atoms with Crippen LogP contribution < -0.4 is 11.1 Å². The van der Waals surface area contributed by atoms with Crippen LogP contribution in [0.15, 0.2) is 23.2 Å². The van der Waals surface area contributed by atoms with Gasteiger partial charge >= 0.3 is 0 Å². The van der Waals surface area contributed by atoms with Crippen LogP contribution in [0.4, 0.5) is 0 Å². The van der Waals surface area contributed by atoms with Crippen LogP contribution in [0, 0.1) is 6.92 Å². The van der Waals surface area contributed by atoms with E-state index in [1.54, 1.807) is 11.3 Å². The minimum absolute atomic E-state index is 0.239. The maximum absolute atomic E-state index is 5.70. The highest BCUT2D eigenvalue weighted by molar-refractivity contribution is 9.10. The summed E-state index contributed by atoms with van der Waals surface area (Å²) < 4.78 is 1.16. The number of rotatable bonds is 5. The molecule has 0 amide bonds. The minimum Gasteiger partial charge on any atom is -0.329 e. The average Bonchev–Trinajstić information content (AvgIpc) is 2.48. The van der Waals surface area contributed by atoms with Gasteiger partial charge in [-0.2, -0.15) is 0 Å². The van der Waals surface area contributed by atoms with E-state index in [4.69, 9.17) is 5.73 Å². The lowest BCUT2D eigenvalue weighted by molar-refractivity contribution is 0.586. The highest BCUT2D eigenvalue weighted by Gasteiger charge is 2.12. The second kappa shape index (κ2) is 5.66. The van der Waals surface area contributed by atoms with E-state index in [2.05, 4.69) is 40.8 Å². The molecule has 1 aromatic heterocycles. The van der Waals surface area contributed by atoms with Gasteiger partial charge in [0.05, 0.1) is 6.04 Å². The Balaban J connectivity index is 2.73. The maximum Gasteiger partial charge on any atom is 0.0542 e. The standard InChI is InChI=1S/C10H15BrN2S/c1-3-4-13-9(6-12)10-5-8(11)7(2)14-10/h3,5,9,13H,1,4,6,12H2,2H3. The summed E-state index contributed by atoms with van der Waals surface area (Å²) in [5.74, 6) is 0. The van der Waals surface area contributed by atoms with E-state index in [9.17, 15) is 0 Å². The Morgan fingerprint density at radius 1 is 1.79 bits per heavy atom. The first-order valence-corrected chi connectivity index (χ1v) is 6.10. The van der Waals surface area contributed by atoms with Crippen LogP contribution in [0.1, 0.15) is 15.8 Å². The molecule has 0 aliphatic heterocycles. The number of nitrogens with two attached hydrogens (primary N) is 1. The Morgan fingerprint density at radius 2 is 2.50 bits per heavy atom. The summed E-state index contributed by atoms with van der Waals surface area (Å²) in [6.45, 7) is 7.17. The molecule has 0 aliphatic carbocycles. The van der Waals surface area contributed by atoms with Crippen LogP contribution in [0.5, 0.6) is 0 Å². The normalized spacial score (nSPS) is 12.8. The van der Waals surface area contributed by atoms with Gasteiger partial charge in [-0.3, -0.25) is 0 Å². The first kappa shape index (κ1) is 11.9. The van der Waals surface area contributed by atoms with E-state index < -0.39 is 0 Å². The fraction of sp³-hybridized carbons (Fsp3) is 0.400. The summed E-state index contributed by atoms with van der Waals surface area (Å²) in [6, 6.07) is 2.37. The van der Waals surface area contributed by atoms with Crippen molar-refractivity contribution in [3.05, 3.63) is 32.9 Å². The second-order valence-electron chi connectivity index (χ2n) is 3.04. The van der Waals surface area contributed by atoms with Crippen LogP contribution in [0.2, 0.25) is 0 Å². The van der Waals surface area contributed by atoms with E-state index in [0.29, 0.717) is 6.54 Å². The Bertz CT molecular complexity index is 290. The molecule has 0 radical (unpaired) electrons. The molecule has 14 heavy (non-hydrogen) atoms. The van der Waals surface area contributed by atoms with Gasteiger partial charge in [0.2, 0.25) is 0 Å². The summed E-state index contributed by atoms with van der Waals surface area (Å²) in [7, 11) is 0. The molecule has 0 aromatic carbocycles. The summed E-state index contributed by atoms with van der Waals surface area (Å²) in [6.07, 6.45) is 1.85. The molecule has 1 atom stereocenters. The van der Waals surface area contributed by atoms with Gasteiger partial charge in [0.25, 0.3) is 0 Å². The Morgan fingerprint density at radius 3 is 2.93 bits per heavy atom. The van der Waals surface area contributed by atoms with Gasteiger partial charge in [0, 0.05) is 27.3 Å². The Labute approximate surface area is 97.3 Å². The lowest BCUT2D eigenvalue weighted by atomic mass is 10.2. The molecule has 0 bridgehead atoms. The molecule has 3 N–H and O–H groups in total. The van der Waals surface area contributed by atoms with Crippen LogP contribution in [0.3, 0.4) is 0 Å². The van der Waals surface area contributed by atoms with Crippen molar-refractivity contribution in [3.63, 3.8) is 0 Å². The van der Waals surface area contributed by atoms with E-state index >= 15 is 0 Å². The minimum atomic E-state index is 0.239. The van der Waals surface area contributed by atoms with Crippen LogP contribution in [0.25, 0.3) is 0 Å². The topological polar surface area (TPSA) is 38.0 Å². The zero-order valence-corrected chi connectivity index (χ0v) is 10.6. The molecule has 0 saturated carbocycles. The van der Waals surface area contributed by atoms with Crippen molar-refractivity contribution in [2.45, 2.75) is 13.0 Å². The first-order chi connectivity index (χ1) is 6.69. The van der Waals surface area contributed by atoms with Crippen LogP contribution in [-0.2, 0) is 0 Å². The fourth-order valence-corrected chi connectivity index (χ4v) is 2.83. The summed E-state index contributed by atoms with van der Waals surface area (Å²) >= 11 is 5.28. The highest BCUT2D eigenvalue weighted by Crippen LogP contribution is 2.30. The molecule has 4 heteroatoms. The van der Waals surface area contributed by atoms with Crippen molar-refractivity contribution < 1.29 is 0 Å². The third kappa shape index (κ3) is 2.92. The molecule has 0 aliphatic rings. The fourth-order valence-electron chi connectivity index (χ4n) is 1.18. The molecule has 78 valence electrons. The molecule has 1 heterocycles. The molecule has 0 saturated heterocycles. The van der Waals surface area contributed by atoms with E-state index in [1.807, 2.05) is 6.08 Å². The van der Waals surface area contributed by atoms with Gasteiger partial charge in [-0.05, 0) is 28.9 Å². The zero-order chi connectivity index (χ0) is 10.6. The van der Waals surface area contributed by atoms with Gasteiger partial charge in [-0.1, -0.05) is 6.08 Å². The second-order valence-corrected chi connectivity index (χ2v) is 5.18. The number of thiophene rings is 1. The number of nitrogens with one attached hydrogen (secondary N) is 1. The smallest absolute Gasteiger partial charge is 0.0542 e. The van der Waals surface area contributed by atoms with E-state index in [1.165, 1.54) is 9.75 Å². The van der Waals surface area contributed by atoms with Crippen molar-refractivity contribution in [3.8, 4) is 0 Å². The monoisotopic (exact) mass is 274 g/mol. The van der Waals surface area contributed by atoms with Crippen molar-refractivity contribution in [2.75, 3.05) is 13.1 Å². The average molecular weight is 275 g/mol. The molecule has 0 spiro atoms. The zero-order valence-electron chi connectivity index (χ0n) is 8.22. The summed E-state index contributed by atoms with van der Waals surface area (Å²) in [5.41, 5.74) is 5.70. The predicted octanol–water partition coefficient (Wildman–Crippen LogP) is 2.59. The number of aryl methyl sites for hydroxylation is 1. The van der Waals surface area contributed by atoms with Gasteiger partial charge in [-0.15, -0.1) is 17.9 Å². The van der Waals surface area contributed by atoms with Gasteiger partial charge < -0.3 is 11.1 Å². The lowest BCUT2D eigenvalue weighted by Crippen LogP contribution is -2.27. The Kier molecular flexibility index (Phi) is 4.81. The SMILES string of the molecule is C=CCNC(CN)c1cc(Br)c(C)s1. The highest BCUT2D eigenvalue weighted by atomic mass is 79.9. The van der Waals surface area contributed by atoms with Crippen molar-refractivity contribution in [1.82, 2.24) is 5.32 Å². The van der Waals surface area contributed by atoms with Crippen molar-refractivity contribution >= 4 is 27.3 Å². The third-order valence-electron chi connectivity index (χ3n) is 1.96. The lowest BCUT2D eigenvalue weighted by Gasteiger charge is -2.13. The predicted molar refractivity (Wildman–Crippen MR) is 66.8 cm³/mol. The number of hydrogen-bond acceptors (Lipinski definition) is 3. The molecule has 1 aromatic rings. The van der Waals surface area contributed by atoms with Gasteiger partial charge in [-0.25, -0.2) is 0 Å². The van der Waals surface area contributed by atoms with E-state index in [0.717, 1.165) is 11.0 Å². The Hall–Kier alpha value is -0.160. The largest absolute Gasteiger partial charge is 0.329 e. The maximum atomic E-state index is 5.70. The molecule has 1 rings (SSSR count). The molecule has 2 nitrogen and oxygen atoms in total. The summed E-state index contributed by atoms with van der Waals surface area (Å²) in [4.78, 5) is 2.57. The molecular formula is C10H15BrN2S. The third-order valence-corrected chi connectivity index (χ3v) is 4.21. The van der Waals surface area contributed by atoms with E-state index in [-0.39, 0.29) is 6.04 Å². The summed E-state index contributed by atoms with van der Waals surface area (Å²) in [5, 5.41) is 3.32. The molecule has 0 fully saturated rings. The number of halogens is 1.